The van der Waals surface area contributed by atoms with Crippen molar-refractivity contribution < 1.29 is 14.4 Å². The number of rotatable bonds is 8. The van der Waals surface area contributed by atoms with Gasteiger partial charge in [-0.15, -0.1) is 0 Å². The van der Waals surface area contributed by atoms with Crippen molar-refractivity contribution in [1.29, 1.82) is 0 Å². The van der Waals surface area contributed by atoms with E-state index >= 15 is 0 Å². The van der Waals surface area contributed by atoms with Crippen LogP contribution in [0.4, 0.5) is 29.0 Å². The number of hydrogen-bond donors (Lipinski definition) is 3. The third-order valence-electron chi connectivity index (χ3n) is 3.04. The van der Waals surface area contributed by atoms with Gasteiger partial charge < -0.3 is 25.8 Å². The van der Waals surface area contributed by atoms with Crippen molar-refractivity contribution in [2.24, 2.45) is 0 Å². The Hall–Kier alpha value is -3.14. The maximum Gasteiger partial charge on any atom is 0.353 e. The predicted molar refractivity (Wildman–Crippen MR) is 89.7 cm³/mol. The first-order valence-corrected chi connectivity index (χ1v) is 7.01. The molecule has 0 saturated heterocycles. The standard InChI is InChI=1S/C14H18N6O4/c1-23-8-7-16-14-18-12(15)11(20(21)22)13(19-14)17-9-3-5-10(24-2)6-4-9/h3-6H,7-8H2,1-2H3,(H4,15,16,17,18,19). The molecule has 0 spiro atoms. The van der Waals surface area contributed by atoms with Crippen LogP contribution >= 0.6 is 0 Å². The summed E-state index contributed by atoms with van der Waals surface area (Å²) in [6.45, 7) is 0.872. The molecule has 2 aromatic rings. The third-order valence-corrected chi connectivity index (χ3v) is 3.04. The highest BCUT2D eigenvalue weighted by Gasteiger charge is 2.23. The number of ether oxygens (including phenoxy) is 2. The normalized spacial score (nSPS) is 10.2. The topological polar surface area (TPSA) is 137 Å². The lowest BCUT2D eigenvalue weighted by Gasteiger charge is -2.11. The van der Waals surface area contributed by atoms with Gasteiger partial charge in [0.1, 0.15) is 5.75 Å². The van der Waals surface area contributed by atoms with E-state index in [4.69, 9.17) is 15.2 Å². The second-order valence-corrected chi connectivity index (χ2v) is 4.66. The van der Waals surface area contributed by atoms with E-state index < -0.39 is 4.92 Å². The SMILES string of the molecule is COCCNc1nc(N)c([N+](=O)[O-])c(Nc2ccc(OC)cc2)n1. The Morgan fingerprint density at radius 2 is 1.96 bits per heavy atom. The van der Waals surface area contributed by atoms with Gasteiger partial charge in [-0.1, -0.05) is 0 Å². The lowest BCUT2D eigenvalue weighted by molar-refractivity contribution is -0.383. The molecule has 10 nitrogen and oxygen atoms in total. The van der Waals surface area contributed by atoms with Gasteiger partial charge in [-0.25, -0.2) is 0 Å². The van der Waals surface area contributed by atoms with Gasteiger partial charge in [0.2, 0.25) is 17.6 Å². The van der Waals surface area contributed by atoms with E-state index in [0.717, 1.165) is 0 Å². The van der Waals surface area contributed by atoms with Crippen LogP contribution in [0.2, 0.25) is 0 Å². The maximum atomic E-state index is 11.3. The third kappa shape index (κ3) is 4.20. The number of nitrogen functional groups attached to an aromatic ring is 1. The molecule has 0 amide bonds. The predicted octanol–water partition coefficient (Wildman–Crippen LogP) is 1.78. The van der Waals surface area contributed by atoms with Crippen LogP contribution in [-0.2, 0) is 4.74 Å². The molecule has 1 aromatic carbocycles. The second kappa shape index (κ2) is 7.92. The zero-order valence-corrected chi connectivity index (χ0v) is 13.3. The van der Waals surface area contributed by atoms with Crippen molar-refractivity contribution in [2.45, 2.75) is 0 Å². The van der Waals surface area contributed by atoms with Crippen molar-refractivity contribution >= 4 is 29.0 Å². The van der Waals surface area contributed by atoms with Gasteiger partial charge in [-0.3, -0.25) is 10.1 Å². The van der Waals surface area contributed by atoms with Gasteiger partial charge in [-0.2, -0.15) is 9.97 Å². The largest absolute Gasteiger partial charge is 0.497 e. The van der Waals surface area contributed by atoms with Crippen LogP contribution in [0.15, 0.2) is 24.3 Å². The lowest BCUT2D eigenvalue weighted by atomic mass is 10.3. The average molecular weight is 334 g/mol. The van der Waals surface area contributed by atoms with Crippen LogP contribution in [0.5, 0.6) is 5.75 Å². The van der Waals surface area contributed by atoms with Crippen molar-refractivity contribution in [3.05, 3.63) is 34.4 Å². The molecule has 0 aliphatic rings. The molecule has 2 rings (SSSR count). The summed E-state index contributed by atoms with van der Waals surface area (Å²) >= 11 is 0. The zero-order chi connectivity index (χ0) is 17.5. The minimum atomic E-state index is -0.625. The molecule has 0 unspecified atom stereocenters. The van der Waals surface area contributed by atoms with Crippen LogP contribution in [0, 0.1) is 10.1 Å². The molecule has 1 heterocycles. The minimum absolute atomic E-state index is 0.00224. The molecule has 0 aliphatic heterocycles. The number of methoxy groups -OCH3 is 2. The first-order chi connectivity index (χ1) is 11.5. The van der Waals surface area contributed by atoms with Crippen LogP contribution in [0.3, 0.4) is 0 Å². The van der Waals surface area contributed by atoms with Gasteiger partial charge in [0.15, 0.2) is 0 Å². The van der Waals surface area contributed by atoms with Crippen molar-refractivity contribution in [1.82, 2.24) is 9.97 Å². The van der Waals surface area contributed by atoms with E-state index in [1.807, 2.05) is 0 Å². The van der Waals surface area contributed by atoms with Crippen LogP contribution in [-0.4, -0.2) is 42.3 Å². The van der Waals surface area contributed by atoms with Crippen molar-refractivity contribution in [3.63, 3.8) is 0 Å². The van der Waals surface area contributed by atoms with Gasteiger partial charge in [0.25, 0.3) is 0 Å². The van der Waals surface area contributed by atoms with Crippen LogP contribution in [0.25, 0.3) is 0 Å². The first-order valence-electron chi connectivity index (χ1n) is 7.01. The molecule has 0 fully saturated rings. The van der Waals surface area contributed by atoms with Crippen molar-refractivity contribution in [2.75, 3.05) is 43.7 Å². The Balaban J connectivity index is 2.31. The van der Waals surface area contributed by atoms with Gasteiger partial charge in [-0.05, 0) is 24.3 Å². The van der Waals surface area contributed by atoms with Crippen molar-refractivity contribution in [3.8, 4) is 5.75 Å². The Labute approximate surface area is 138 Å². The molecule has 1 aromatic heterocycles. The second-order valence-electron chi connectivity index (χ2n) is 4.66. The van der Waals surface area contributed by atoms with E-state index in [-0.39, 0.29) is 23.3 Å². The molecular weight excluding hydrogens is 316 g/mol. The monoisotopic (exact) mass is 334 g/mol. The molecule has 0 bridgehead atoms. The Bertz CT molecular complexity index is 707. The summed E-state index contributed by atoms with van der Waals surface area (Å²) in [6, 6.07) is 6.85. The van der Waals surface area contributed by atoms with Gasteiger partial charge in [0.05, 0.1) is 18.6 Å². The highest BCUT2D eigenvalue weighted by molar-refractivity contribution is 5.74. The average Bonchev–Trinajstić information content (AvgIpc) is 2.55. The van der Waals surface area contributed by atoms with E-state index in [1.54, 1.807) is 38.5 Å². The number of anilines is 4. The quantitative estimate of drug-likeness (QED) is 0.374. The number of aromatic nitrogens is 2. The smallest absolute Gasteiger partial charge is 0.353 e. The molecule has 4 N–H and O–H groups in total. The highest BCUT2D eigenvalue weighted by atomic mass is 16.6. The molecule has 24 heavy (non-hydrogen) atoms. The summed E-state index contributed by atoms with van der Waals surface area (Å²) in [5, 5.41) is 17.0. The fraction of sp³-hybridized carbons (Fsp3) is 0.286. The van der Waals surface area contributed by atoms with E-state index in [0.29, 0.717) is 24.6 Å². The fourth-order valence-corrected chi connectivity index (χ4v) is 1.89. The minimum Gasteiger partial charge on any atom is -0.497 e. The number of nitrogens with zero attached hydrogens (tertiary/aromatic N) is 3. The van der Waals surface area contributed by atoms with E-state index in [1.165, 1.54) is 0 Å². The summed E-state index contributed by atoms with van der Waals surface area (Å²) in [6.07, 6.45) is 0. The number of nitrogens with one attached hydrogen (secondary N) is 2. The molecular formula is C14H18N6O4. The summed E-state index contributed by atoms with van der Waals surface area (Å²) in [5.74, 6) is 0.605. The van der Waals surface area contributed by atoms with Gasteiger partial charge >= 0.3 is 5.69 Å². The molecule has 0 atom stereocenters. The van der Waals surface area contributed by atoms with Crippen LogP contribution < -0.4 is 21.1 Å². The van der Waals surface area contributed by atoms with E-state index in [9.17, 15) is 10.1 Å². The first kappa shape index (κ1) is 17.2. The fourth-order valence-electron chi connectivity index (χ4n) is 1.89. The van der Waals surface area contributed by atoms with Crippen LogP contribution in [0.1, 0.15) is 0 Å². The maximum absolute atomic E-state index is 11.3. The molecule has 0 aliphatic carbocycles. The molecule has 10 heteroatoms. The number of nitro groups is 1. The summed E-state index contributed by atoms with van der Waals surface area (Å²) in [4.78, 5) is 18.6. The number of nitrogens with two attached hydrogens (primary N) is 1. The Kier molecular flexibility index (Phi) is 5.68. The Morgan fingerprint density at radius 1 is 1.25 bits per heavy atom. The molecule has 0 saturated carbocycles. The molecule has 128 valence electrons. The molecule has 0 radical (unpaired) electrons. The van der Waals surface area contributed by atoms with Gasteiger partial charge in [0, 0.05) is 19.3 Å². The zero-order valence-electron chi connectivity index (χ0n) is 13.3. The lowest BCUT2D eigenvalue weighted by Crippen LogP contribution is -2.13. The number of benzene rings is 1. The summed E-state index contributed by atoms with van der Waals surface area (Å²) < 4.78 is 9.99. The Morgan fingerprint density at radius 3 is 2.54 bits per heavy atom. The summed E-state index contributed by atoms with van der Waals surface area (Å²) in [7, 11) is 3.11. The summed E-state index contributed by atoms with van der Waals surface area (Å²) in [5.41, 5.74) is 5.91. The van der Waals surface area contributed by atoms with E-state index in [2.05, 4.69) is 20.6 Å². The highest BCUT2D eigenvalue weighted by Crippen LogP contribution is 2.31. The number of hydrogen-bond acceptors (Lipinski definition) is 9.